The van der Waals surface area contributed by atoms with Crippen molar-refractivity contribution >= 4 is 98.7 Å². The van der Waals surface area contributed by atoms with Crippen LogP contribution in [-0.4, -0.2) is 49.5 Å². The highest BCUT2D eigenvalue weighted by Gasteiger charge is 2.27. The number of fused-ring (bicyclic) bond motifs is 6. The third kappa shape index (κ3) is 8.85. The van der Waals surface area contributed by atoms with E-state index in [2.05, 4.69) is 31.2 Å². The van der Waals surface area contributed by atoms with Crippen molar-refractivity contribution in [2.45, 2.75) is 13.2 Å². The lowest BCUT2D eigenvalue weighted by molar-refractivity contribution is 0.0991. The number of amides is 5. The van der Waals surface area contributed by atoms with Crippen LogP contribution in [0.15, 0.2) is 176 Å². The van der Waals surface area contributed by atoms with Gasteiger partial charge in [-0.2, -0.15) is 0 Å². The Kier molecular flexibility index (Phi) is 11.8. The fourth-order valence-electron chi connectivity index (χ4n) is 11.8. The van der Waals surface area contributed by atoms with Gasteiger partial charge in [0.15, 0.2) is 0 Å². The Labute approximate surface area is 483 Å². The van der Waals surface area contributed by atoms with Crippen LogP contribution in [0.2, 0.25) is 0 Å². The lowest BCUT2D eigenvalue weighted by Crippen LogP contribution is -2.19. The average molecular weight is 1110 g/mol. The molecule has 9 heterocycles. The largest absolute Gasteiger partial charge is 0.489 e. The summed E-state index contributed by atoms with van der Waals surface area (Å²) in [6.07, 6.45) is 7.72. The van der Waals surface area contributed by atoms with Gasteiger partial charge in [-0.3, -0.25) is 24.0 Å². The van der Waals surface area contributed by atoms with Crippen molar-refractivity contribution in [2.24, 2.45) is 5.73 Å². The van der Waals surface area contributed by atoms with E-state index in [0.29, 0.717) is 123 Å². The molecular weight excluding hydrogens is 1070 g/mol. The number of ether oxygens (including phenoxy) is 2. The number of nitrogens with zero attached hydrogens (tertiary/aromatic N) is 2. The minimum atomic E-state index is -0.776. The van der Waals surface area contributed by atoms with Gasteiger partial charge >= 0.3 is 0 Å². The number of primary amides is 1. The summed E-state index contributed by atoms with van der Waals surface area (Å²) in [5, 5.41) is 12.7. The summed E-state index contributed by atoms with van der Waals surface area (Å²) in [5.74, 6) is -2.71. The molecule has 20 bridgehead atoms. The van der Waals surface area contributed by atoms with Crippen LogP contribution >= 0.6 is 0 Å². The molecule has 0 radical (unpaired) electrons. The first-order valence-corrected chi connectivity index (χ1v) is 27.3. The van der Waals surface area contributed by atoms with Gasteiger partial charge in [0.1, 0.15) is 24.7 Å². The smallest absolute Gasteiger partial charge is 0.255 e. The van der Waals surface area contributed by atoms with E-state index in [-0.39, 0.29) is 52.5 Å². The number of carbonyl (C=O) groups is 5. The Morgan fingerprint density at radius 3 is 0.965 bits per heavy atom. The normalized spacial score (nSPS) is 13.7. The molecule has 0 unspecified atom stereocenters. The third-order valence-electron chi connectivity index (χ3n) is 15.7. The second-order valence-corrected chi connectivity index (χ2v) is 20.9. The van der Waals surface area contributed by atoms with Gasteiger partial charge in [0.2, 0.25) is 5.91 Å². The molecule has 85 heavy (non-hydrogen) atoms. The molecule has 0 fully saturated rings. The number of anilines is 4. The second-order valence-electron chi connectivity index (χ2n) is 20.9. The molecule has 0 saturated heterocycles. The number of hydrogen-bond acceptors (Lipinski definition) is 9. The van der Waals surface area contributed by atoms with Crippen molar-refractivity contribution in [1.82, 2.24) is 19.9 Å². The predicted octanol–water partition coefficient (Wildman–Crippen LogP) is 13.5. The molecule has 408 valence electrons. The van der Waals surface area contributed by atoms with Crippen molar-refractivity contribution < 1.29 is 33.4 Å². The number of benzene rings is 7. The zero-order chi connectivity index (χ0) is 57.4. The van der Waals surface area contributed by atoms with Gasteiger partial charge in [0.25, 0.3) is 23.6 Å². The maximum atomic E-state index is 15.0. The van der Waals surface area contributed by atoms with E-state index in [1.54, 1.807) is 42.5 Å². The maximum Gasteiger partial charge on any atom is 0.255 e. The first-order valence-electron chi connectivity index (χ1n) is 27.3. The number of H-pyrrole nitrogens is 2. The molecule has 8 N–H and O–H groups in total. The number of nitrogens with two attached hydrogens (primary N) is 1. The number of para-hydroxylation sites is 4. The van der Waals surface area contributed by atoms with Crippen LogP contribution in [-0.2, 0) is 13.2 Å². The van der Waals surface area contributed by atoms with Crippen LogP contribution in [0, 0.1) is 0 Å². The second kappa shape index (κ2) is 20.0. The first-order chi connectivity index (χ1) is 41.5. The van der Waals surface area contributed by atoms with Crippen molar-refractivity contribution in [3.63, 3.8) is 0 Å². The number of carbonyl (C=O) groups excluding carboxylic acids is 5. The van der Waals surface area contributed by atoms with Gasteiger partial charge in [0, 0.05) is 123 Å². The fourth-order valence-corrected chi connectivity index (χ4v) is 11.8. The topological polar surface area (TPSA) is 235 Å². The Hall–Kier alpha value is -11.9. The van der Waals surface area contributed by atoms with Gasteiger partial charge in [0.05, 0.1) is 28.3 Å². The predicted molar refractivity (Wildman–Crippen MR) is 329 cm³/mol. The van der Waals surface area contributed by atoms with Crippen molar-refractivity contribution in [1.29, 1.82) is 0 Å². The zero-order valence-corrected chi connectivity index (χ0v) is 44.8. The number of aromatic amines is 2. The van der Waals surface area contributed by atoms with E-state index in [0.717, 1.165) is 0 Å². The van der Waals surface area contributed by atoms with E-state index < -0.39 is 29.5 Å². The Morgan fingerprint density at radius 2 is 0.671 bits per heavy atom. The molecule has 0 aliphatic carbocycles. The molecule has 5 amide bonds. The number of rotatable bonds is 1. The summed E-state index contributed by atoms with van der Waals surface area (Å²) in [6, 6.07) is 51.7. The summed E-state index contributed by atoms with van der Waals surface area (Å²) in [6.45, 7) is -0.459. The first kappa shape index (κ1) is 50.1. The molecule has 16 rings (SSSR count). The third-order valence-corrected chi connectivity index (χ3v) is 15.7. The monoisotopic (exact) mass is 1110 g/mol. The van der Waals surface area contributed by atoms with Crippen LogP contribution < -0.4 is 36.5 Å². The molecular formula is C69H45N9O7. The van der Waals surface area contributed by atoms with Crippen molar-refractivity contribution in [3.8, 4) is 56.0 Å². The summed E-state index contributed by atoms with van der Waals surface area (Å²) in [4.78, 5) is 92.0. The molecule has 0 atom stereocenters. The molecule has 0 spiro atoms. The Balaban J connectivity index is 1.12. The number of hydrogen-bond donors (Lipinski definition) is 7. The van der Waals surface area contributed by atoms with Crippen molar-refractivity contribution in [2.75, 3.05) is 21.3 Å². The van der Waals surface area contributed by atoms with Crippen LogP contribution in [0.5, 0.6) is 11.5 Å². The highest BCUT2D eigenvalue weighted by Crippen LogP contribution is 2.44. The number of aromatic nitrogens is 4. The minimum absolute atomic E-state index is 0.0941. The Bertz CT molecular complexity index is 4330. The molecule has 10 aromatic rings. The van der Waals surface area contributed by atoms with Gasteiger partial charge in [-0.1, -0.05) is 91.0 Å². The van der Waals surface area contributed by atoms with Crippen LogP contribution in [0.1, 0.15) is 85.7 Å². The Morgan fingerprint density at radius 1 is 0.376 bits per heavy atom. The summed E-state index contributed by atoms with van der Waals surface area (Å²) < 4.78 is 12.9. The maximum absolute atomic E-state index is 15.0. The standard InChI is InChI=1S/C69H45N9O7/c70-65(79)60-36-10-9-11-37(60)35-85-43-32-40-29-41(33-43)69(83)78-51-19-8-4-15-47(51)64-55-23-22-54(72-55)63(46-14-3-7-18-50(46)77-68(40)82)57-25-24-56(73-57)61-44-12-1-5-16-48(44)75-66(80)38-28-39(31-42(30-38)84-34-36)67(81)76-49-17-6-2-13-45(49)62(53-21-20-52(61)71-53)58-26-27-59(64)74-58/h1-33,71-72H,34-35H2,(H2,70,79)(H,75,80)(H,76,81)(H,77,82)(H,78,83). The van der Waals surface area contributed by atoms with Crippen LogP contribution in [0.25, 0.3) is 90.9 Å². The van der Waals surface area contributed by atoms with E-state index in [1.807, 2.05) is 121 Å². The molecule has 6 aliphatic rings. The van der Waals surface area contributed by atoms with E-state index in [1.165, 1.54) is 36.4 Å². The molecule has 7 aromatic carbocycles. The zero-order valence-electron chi connectivity index (χ0n) is 44.8. The SMILES string of the molecule is NC(=O)c1c2cccc1COc1cc3cc(c1)C(=O)Nc1ccccc1-c1c4nc(c5c6ccc([nH]6)c(c6nc(c(c7ccc1[nH]7)-c1ccccc1NC3=O)C=C6)-c1ccccc1NC(=O)c1cc(cc(c1)C(=O)Nc1ccccc1-5)OC2)C=C4. The van der Waals surface area contributed by atoms with E-state index >= 15 is 0 Å². The highest BCUT2D eigenvalue weighted by molar-refractivity contribution is 6.15. The quantitative estimate of drug-likeness (QED) is 0.0827. The molecule has 16 heteroatoms. The van der Waals surface area contributed by atoms with Gasteiger partial charge in [-0.25, -0.2) is 9.97 Å². The lowest BCUT2D eigenvalue weighted by atomic mass is 10.0. The molecule has 3 aromatic heterocycles. The average Bonchev–Trinajstić information content (AvgIpc) is 4.22. The summed E-state index contributed by atoms with van der Waals surface area (Å²) in [7, 11) is 0. The van der Waals surface area contributed by atoms with Gasteiger partial charge < -0.3 is 46.4 Å². The highest BCUT2D eigenvalue weighted by atomic mass is 16.5. The van der Waals surface area contributed by atoms with E-state index in [4.69, 9.17) is 25.2 Å². The van der Waals surface area contributed by atoms with Crippen LogP contribution in [0.3, 0.4) is 0 Å². The van der Waals surface area contributed by atoms with Gasteiger partial charge in [-0.05, 0) is 109 Å². The van der Waals surface area contributed by atoms with E-state index in [9.17, 15) is 24.0 Å². The summed E-state index contributed by atoms with van der Waals surface area (Å²) >= 11 is 0. The molecule has 0 saturated carbocycles. The lowest BCUT2D eigenvalue weighted by Gasteiger charge is -2.18. The molecule has 16 nitrogen and oxygen atoms in total. The minimum Gasteiger partial charge on any atom is -0.489 e. The number of nitrogens with one attached hydrogen (secondary N) is 6. The summed E-state index contributed by atoms with van der Waals surface area (Å²) in [5.41, 5.74) is 18.7. The molecule has 6 aliphatic heterocycles. The van der Waals surface area contributed by atoms with Crippen LogP contribution in [0.4, 0.5) is 22.7 Å². The fraction of sp³-hybridized carbons (Fsp3) is 0.0290. The van der Waals surface area contributed by atoms with Crippen molar-refractivity contribution in [3.05, 3.63) is 238 Å². The van der Waals surface area contributed by atoms with Gasteiger partial charge in [-0.15, -0.1) is 0 Å².